The molecule has 178 valence electrons. The van der Waals surface area contributed by atoms with Crippen molar-refractivity contribution < 1.29 is 9.53 Å². The van der Waals surface area contributed by atoms with Gasteiger partial charge in [-0.2, -0.15) is 0 Å². The second-order valence-corrected chi connectivity index (χ2v) is 10.2. The van der Waals surface area contributed by atoms with Crippen LogP contribution in [-0.4, -0.2) is 33.6 Å². The second kappa shape index (κ2) is 9.27. The Hall–Kier alpha value is -3.50. The van der Waals surface area contributed by atoms with Crippen LogP contribution in [0.4, 0.5) is 10.5 Å². The molecule has 5 rings (SSSR count). The van der Waals surface area contributed by atoms with E-state index >= 15 is 0 Å². The van der Waals surface area contributed by atoms with E-state index in [9.17, 15) is 4.79 Å². The summed E-state index contributed by atoms with van der Waals surface area (Å²) in [6, 6.07) is 14.8. The van der Waals surface area contributed by atoms with Crippen LogP contribution in [0.15, 0.2) is 58.0 Å². The summed E-state index contributed by atoms with van der Waals surface area (Å²) >= 11 is 5.19. The Kier molecular flexibility index (Phi) is 6.16. The molecule has 1 unspecified atom stereocenters. The summed E-state index contributed by atoms with van der Waals surface area (Å²) in [7, 11) is 1.58. The summed E-state index contributed by atoms with van der Waals surface area (Å²) in [6.45, 7) is 6.11. The number of benzene rings is 2. The zero-order valence-corrected chi connectivity index (χ0v) is 22.0. The smallest absolute Gasteiger partial charge is 0.321 e. The molecule has 0 fully saturated rings. The first kappa shape index (κ1) is 23.3. The van der Waals surface area contributed by atoms with E-state index in [1.807, 2.05) is 47.9 Å². The Bertz CT molecular complexity index is 1460. The topological polar surface area (TPSA) is 93.4 Å². The van der Waals surface area contributed by atoms with E-state index in [0.717, 1.165) is 37.7 Å². The van der Waals surface area contributed by atoms with E-state index < -0.39 is 12.2 Å². The van der Waals surface area contributed by atoms with Gasteiger partial charge in [0.2, 0.25) is 0 Å². The lowest BCUT2D eigenvalue weighted by Gasteiger charge is -2.15. The number of nitrogens with one attached hydrogen (secondary N) is 2. The normalized spacial score (nSPS) is 14.4. The summed E-state index contributed by atoms with van der Waals surface area (Å²) in [5, 5.41) is 15.5. The maximum absolute atomic E-state index is 13.0. The average molecular weight is 551 g/mol. The number of methoxy groups -OCH3 is 1. The predicted octanol–water partition coefficient (Wildman–Crippen LogP) is 5.70. The SMILES string of the molecule is COc1cccc(NC(=O)NC2N=C(c3ccc(Br)cc3)c3c(sc(C)c3C)-n3c(C)nnc32)c1. The number of aromatic nitrogens is 3. The van der Waals surface area contributed by atoms with Crippen molar-refractivity contribution in [1.82, 2.24) is 20.1 Å². The molecule has 2 N–H and O–H groups in total. The highest BCUT2D eigenvalue weighted by Gasteiger charge is 2.32. The number of aliphatic imine (C=N–C) groups is 1. The molecular formula is C25H23BrN6O2S. The van der Waals surface area contributed by atoms with Crippen LogP contribution in [-0.2, 0) is 0 Å². The first-order valence-electron chi connectivity index (χ1n) is 10.9. The number of anilines is 1. The molecule has 0 bridgehead atoms. The van der Waals surface area contributed by atoms with Gasteiger partial charge in [-0.25, -0.2) is 4.79 Å². The van der Waals surface area contributed by atoms with Crippen LogP contribution in [0.3, 0.4) is 0 Å². The zero-order chi connectivity index (χ0) is 24.7. The third-order valence-corrected chi connectivity index (χ3v) is 7.59. The van der Waals surface area contributed by atoms with Crippen molar-refractivity contribution in [2.45, 2.75) is 26.9 Å². The number of hydrogen-bond acceptors (Lipinski definition) is 6. The molecule has 10 heteroatoms. The number of aryl methyl sites for hydroxylation is 2. The number of amides is 2. The number of halogens is 1. The third kappa shape index (κ3) is 4.35. The lowest BCUT2D eigenvalue weighted by atomic mass is 10.00. The van der Waals surface area contributed by atoms with Crippen molar-refractivity contribution >= 4 is 44.7 Å². The number of carbonyl (C=O) groups is 1. The minimum atomic E-state index is -0.750. The van der Waals surface area contributed by atoms with Crippen LogP contribution in [0.25, 0.3) is 5.00 Å². The van der Waals surface area contributed by atoms with E-state index in [4.69, 9.17) is 9.73 Å². The van der Waals surface area contributed by atoms with Gasteiger partial charge >= 0.3 is 6.03 Å². The van der Waals surface area contributed by atoms with Gasteiger partial charge in [-0.15, -0.1) is 21.5 Å². The van der Waals surface area contributed by atoms with Gasteiger partial charge in [-0.05, 0) is 50.6 Å². The molecule has 0 saturated heterocycles. The van der Waals surface area contributed by atoms with E-state index in [-0.39, 0.29) is 0 Å². The monoisotopic (exact) mass is 550 g/mol. The van der Waals surface area contributed by atoms with Crippen LogP contribution < -0.4 is 15.4 Å². The summed E-state index contributed by atoms with van der Waals surface area (Å²) in [5.74, 6) is 1.94. The molecule has 2 aromatic heterocycles. The molecule has 3 heterocycles. The van der Waals surface area contributed by atoms with Crippen molar-refractivity contribution in [1.29, 1.82) is 0 Å². The molecule has 4 aromatic rings. The number of ether oxygens (including phenoxy) is 1. The van der Waals surface area contributed by atoms with Gasteiger partial charge in [0.25, 0.3) is 0 Å². The standard InChI is InChI=1S/C25H23BrN6O2S/c1-13-14(2)35-24-20(13)21(16-8-10-17(26)11-9-16)28-22(23-31-30-15(3)32(23)24)29-25(33)27-18-6-5-7-19(12-18)34-4/h5-12,22H,1-4H3,(H2,27,29,33). The lowest BCUT2D eigenvalue weighted by Crippen LogP contribution is -2.33. The fourth-order valence-electron chi connectivity index (χ4n) is 4.02. The highest BCUT2D eigenvalue weighted by molar-refractivity contribution is 9.10. The van der Waals surface area contributed by atoms with Crippen molar-refractivity contribution in [2.24, 2.45) is 4.99 Å². The van der Waals surface area contributed by atoms with Crippen LogP contribution in [0, 0.1) is 20.8 Å². The molecule has 35 heavy (non-hydrogen) atoms. The summed E-state index contributed by atoms with van der Waals surface area (Å²) < 4.78 is 8.23. The molecule has 0 radical (unpaired) electrons. The molecule has 0 saturated carbocycles. The molecule has 1 aliphatic heterocycles. The van der Waals surface area contributed by atoms with Crippen LogP contribution >= 0.6 is 27.3 Å². The van der Waals surface area contributed by atoms with Crippen LogP contribution in [0.2, 0.25) is 0 Å². The van der Waals surface area contributed by atoms with Gasteiger partial charge in [0, 0.05) is 32.2 Å². The van der Waals surface area contributed by atoms with Crippen molar-refractivity contribution in [3.05, 3.63) is 86.2 Å². The van der Waals surface area contributed by atoms with Crippen LogP contribution in [0.5, 0.6) is 5.75 Å². The Morgan fingerprint density at radius 2 is 1.89 bits per heavy atom. The number of hydrogen-bond donors (Lipinski definition) is 2. The molecule has 1 atom stereocenters. The number of urea groups is 1. The van der Waals surface area contributed by atoms with Crippen molar-refractivity contribution in [2.75, 3.05) is 12.4 Å². The average Bonchev–Trinajstić information content (AvgIpc) is 3.32. The van der Waals surface area contributed by atoms with Gasteiger partial charge in [-0.1, -0.05) is 34.1 Å². The molecule has 2 aromatic carbocycles. The number of nitrogens with zero attached hydrogens (tertiary/aromatic N) is 4. The zero-order valence-electron chi connectivity index (χ0n) is 19.6. The lowest BCUT2D eigenvalue weighted by molar-refractivity contribution is 0.248. The highest BCUT2D eigenvalue weighted by Crippen LogP contribution is 2.38. The largest absolute Gasteiger partial charge is 0.497 e. The minimum Gasteiger partial charge on any atom is -0.497 e. The number of thiophene rings is 1. The maximum Gasteiger partial charge on any atom is 0.321 e. The van der Waals surface area contributed by atoms with E-state index in [1.165, 1.54) is 4.88 Å². The van der Waals surface area contributed by atoms with Gasteiger partial charge in [0.05, 0.1) is 12.8 Å². The highest BCUT2D eigenvalue weighted by atomic mass is 79.9. The fraction of sp³-hybridized carbons (Fsp3) is 0.200. The number of carbonyl (C=O) groups excluding carboxylic acids is 1. The Morgan fingerprint density at radius 1 is 1.11 bits per heavy atom. The Labute approximate surface area is 215 Å². The molecular weight excluding hydrogens is 528 g/mol. The van der Waals surface area contributed by atoms with Gasteiger partial charge in [0.1, 0.15) is 16.6 Å². The summed E-state index contributed by atoms with van der Waals surface area (Å²) in [5.41, 5.74) is 4.53. The minimum absolute atomic E-state index is 0.410. The first-order valence-corrected chi connectivity index (χ1v) is 12.5. The van der Waals surface area contributed by atoms with Crippen molar-refractivity contribution in [3.8, 4) is 10.8 Å². The molecule has 0 spiro atoms. The fourth-order valence-corrected chi connectivity index (χ4v) is 5.50. The number of fused-ring (bicyclic) bond motifs is 3. The summed E-state index contributed by atoms with van der Waals surface area (Å²) in [6.07, 6.45) is -0.750. The van der Waals surface area contributed by atoms with E-state index in [0.29, 0.717) is 17.3 Å². The third-order valence-electron chi connectivity index (χ3n) is 5.87. The number of rotatable bonds is 4. The van der Waals surface area contributed by atoms with Gasteiger partial charge in [0.15, 0.2) is 12.0 Å². The Morgan fingerprint density at radius 3 is 2.63 bits per heavy atom. The van der Waals surface area contributed by atoms with Crippen molar-refractivity contribution in [3.63, 3.8) is 0 Å². The first-order chi connectivity index (χ1) is 16.9. The van der Waals surface area contributed by atoms with Crippen LogP contribution in [0.1, 0.15) is 39.4 Å². The molecule has 8 nitrogen and oxygen atoms in total. The Balaban J connectivity index is 1.59. The van der Waals surface area contributed by atoms with Gasteiger partial charge < -0.3 is 15.4 Å². The molecule has 0 aliphatic carbocycles. The molecule has 1 aliphatic rings. The summed E-state index contributed by atoms with van der Waals surface area (Å²) in [4.78, 5) is 19.3. The van der Waals surface area contributed by atoms with Gasteiger partial charge in [-0.3, -0.25) is 9.56 Å². The molecule has 2 amide bonds. The quantitative estimate of drug-likeness (QED) is 0.341. The predicted molar refractivity (Wildman–Crippen MR) is 141 cm³/mol. The maximum atomic E-state index is 13.0. The van der Waals surface area contributed by atoms with E-state index in [1.54, 1.807) is 30.6 Å². The van der Waals surface area contributed by atoms with E-state index in [2.05, 4.69) is 50.6 Å². The second-order valence-electron chi connectivity index (χ2n) is 8.12.